The van der Waals surface area contributed by atoms with E-state index < -0.39 is 0 Å². The van der Waals surface area contributed by atoms with E-state index in [0.29, 0.717) is 43.4 Å². The number of benzene rings is 1. The third-order valence-electron chi connectivity index (χ3n) is 6.32. The van der Waals surface area contributed by atoms with Gasteiger partial charge in [-0.25, -0.2) is 4.98 Å². The van der Waals surface area contributed by atoms with Gasteiger partial charge in [0.2, 0.25) is 5.56 Å². The van der Waals surface area contributed by atoms with E-state index in [1.165, 1.54) is 0 Å². The summed E-state index contributed by atoms with van der Waals surface area (Å²) in [5.74, 6) is 0.336. The number of fused-ring (bicyclic) bond motifs is 1. The van der Waals surface area contributed by atoms with E-state index in [2.05, 4.69) is 25.4 Å². The van der Waals surface area contributed by atoms with Gasteiger partial charge in [-0.1, -0.05) is 0 Å². The van der Waals surface area contributed by atoms with Gasteiger partial charge in [-0.2, -0.15) is 5.10 Å². The zero-order valence-electron chi connectivity index (χ0n) is 20.4. The van der Waals surface area contributed by atoms with Gasteiger partial charge in [0.25, 0.3) is 5.91 Å². The third-order valence-corrected chi connectivity index (χ3v) is 6.32. The average Bonchev–Trinajstić information content (AvgIpc) is 3.38. The molecular weight excluding hydrogens is 458 g/mol. The number of carbonyl (C=O) groups excluding carboxylic acids is 1. The van der Waals surface area contributed by atoms with Crippen LogP contribution in [0.3, 0.4) is 0 Å². The predicted octanol–water partition coefficient (Wildman–Crippen LogP) is 2.68. The number of hydrogen-bond donors (Lipinski definition) is 3. The second-order valence-corrected chi connectivity index (χ2v) is 9.10. The Morgan fingerprint density at radius 1 is 1.17 bits per heavy atom. The van der Waals surface area contributed by atoms with Gasteiger partial charge in [-0.3, -0.25) is 19.6 Å². The fraction of sp³-hybridized carbons (Fsp3) is 0.308. The van der Waals surface area contributed by atoms with E-state index in [1.807, 2.05) is 43.4 Å². The van der Waals surface area contributed by atoms with E-state index in [0.717, 1.165) is 40.7 Å². The van der Waals surface area contributed by atoms with Crippen molar-refractivity contribution in [3.05, 3.63) is 81.5 Å². The summed E-state index contributed by atoms with van der Waals surface area (Å²) in [7, 11) is 1.91. The molecule has 3 aromatic heterocycles. The van der Waals surface area contributed by atoms with E-state index in [9.17, 15) is 9.59 Å². The Hall–Kier alpha value is -4.02. The zero-order chi connectivity index (χ0) is 25.1. The molecule has 0 bridgehead atoms. The van der Waals surface area contributed by atoms with Crippen molar-refractivity contribution in [3.63, 3.8) is 0 Å². The summed E-state index contributed by atoms with van der Waals surface area (Å²) in [4.78, 5) is 37.1. The second kappa shape index (κ2) is 10.3. The van der Waals surface area contributed by atoms with Crippen molar-refractivity contribution in [1.29, 1.82) is 0 Å². The standard InChI is InChI=1S/C26H29N7O3/c1-17-9-24(34)31-23-4-3-20(11-21(17)23)30-26(35)22-10-18(16-33-5-7-36-8-6-33)12-27-25(22)32(2)15-19-13-28-29-14-19/h3-4,9-14H,5-8,15-16H2,1-2H3,(H,28,29)(H,30,35)(H,31,34). The van der Waals surface area contributed by atoms with Gasteiger partial charge in [-0.05, 0) is 42.3 Å². The number of aromatic amines is 2. The molecule has 0 spiro atoms. The molecule has 186 valence electrons. The van der Waals surface area contributed by atoms with Crippen molar-refractivity contribution in [2.45, 2.75) is 20.0 Å². The summed E-state index contributed by atoms with van der Waals surface area (Å²) < 4.78 is 5.46. The first kappa shape index (κ1) is 23.7. The lowest BCUT2D eigenvalue weighted by Gasteiger charge is -2.27. The Kier molecular flexibility index (Phi) is 6.79. The number of nitrogens with zero attached hydrogens (tertiary/aromatic N) is 4. The average molecular weight is 488 g/mol. The summed E-state index contributed by atoms with van der Waals surface area (Å²) in [5, 5.41) is 10.7. The molecule has 1 fully saturated rings. The van der Waals surface area contributed by atoms with E-state index in [-0.39, 0.29) is 11.5 Å². The molecular formula is C26H29N7O3. The lowest BCUT2D eigenvalue weighted by atomic mass is 10.1. The number of aromatic nitrogens is 4. The minimum Gasteiger partial charge on any atom is -0.379 e. The Bertz CT molecular complexity index is 1430. The first-order chi connectivity index (χ1) is 17.5. The first-order valence-electron chi connectivity index (χ1n) is 11.9. The summed E-state index contributed by atoms with van der Waals surface area (Å²) in [6.07, 6.45) is 5.42. The molecule has 0 unspecified atom stereocenters. The molecule has 3 N–H and O–H groups in total. The highest BCUT2D eigenvalue weighted by molar-refractivity contribution is 6.08. The summed E-state index contributed by atoms with van der Waals surface area (Å²) >= 11 is 0. The van der Waals surface area contributed by atoms with Crippen LogP contribution in [0.15, 0.2) is 53.7 Å². The van der Waals surface area contributed by atoms with Crippen molar-refractivity contribution in [3.8, 4) is 0 Å². The van der Waals surface area contributed by atoms with Crippen LogP contribution in [0.2, 0.25) is 0 Å². The van der Waals surface area contributed by atoms with Crippen molar-refractivity contribution in [2.75, 3.05) is 43.6 Å². The molecule has 1 amide bonds. The van der Waals surface area contributed by atoms with Gasteiger partial charge in [-0.15, -0.1) is 0 Å². The van der Waals surface area contributed by atoms with Crippen LogP contribution < -0.4 is 15.8 Å². The van der Waals surface area contributed by atoms with Gasteiger partial charge < -0.3 is 19.9 Å². The SMILES string of the molecule is Cc1cc(=O)[nH]c2ccc(NC(=O)c3cc(CN4CCOCC4)cnc3N(C)Cc3cn[nH]c3)cc12. The van der Waals surface area contributed by atoms with Crippen molar-refractivity contribution < 1.29 is 9.53 Å². The molecule has 0 radical (unpaired) electrons. The Morgan fingerprint density at radius 2 is 2.00 bits per heavy atom. The van der Waals surface area contributed by atoms with Crippen LogP contribution >= 0.6 is 0 Å². The number of hydrogen-bond acceptors (Lipinski definition) is 7. The van der Waals surface area contributed by atoms with Crippen LogP contribution in [0.1, 0.15) is 27.0 Å². The maximum Gasteiger partial charge on any atom is 0.259 e. The molecule has 36 heavy (non-hydrogen) atoms. The van der Waals surface area contributed by atoms with Gasteiger partial charge in [0.15, 0.2) is 0 Å². The van der Waals surface area contributed by atoms with Crippen LogP contribution in [-0.2, 0) is 17.8 Å². The highest BCUT2D eigenvalue weighted by atomic mass is 16.5. The van der Waals surface area contributed by atoms with E-state index in [4.69, 9.17) is 9.72 Å². The number of nitrogens with one attached hydrogen (secondary N) is 3. The topological polar surface area (TPSA) is 119 Å². The number of pyridine rings is 2. The van der Waals surface area contributed by atoms with E-state index >= 15 is 0 Å². The third kappa shape index (κ3) is 5.29. The van der Waals surface area contributed by atoms with E-state index in [1.54, 1.807) is 24.4 Å². The molecule has 1 aliphatic heterocycles. The number of carbonyl (C=O) groups is 1. The Morgan fingerprint density at radius 3 is 2.78 bits per heavy atom. The zero-order valence-corrected chi connectivity index (χ0v) is 20.4. The first-order valence-corrected chi connectivity index (χ1v) is 11.9. The van der Waals surface area contributed by atoms with Gasteiger partial charge in [0.05, 0.1) is 25.0 Å². The molecule has 1 aromatic carbocycles. The maximum absolute atomic E-state index is 13.6. The predicted molar refractivity (Wildman–Crippen MR) is 138 cm³/mol. The number of morpholine rings is 1. The number of aryl methyl sites for hydroxylation is 1. The molecule has 1 aliphatic rings. The summed E-state index contributed by atoms with van der Waals surface area (Å²) in [5.41, 5.74) is 4.52. The quantitative estimate of drug-likeness (QED) is 0.367. The lowest BCUT2D eigenvalue weighted by molar-refractivity contribution is 0.0341. The normalized spacial score (nSPS) is 14.2. The fourth-order valence-electron chi connectivity index (χ4n) is 4.49. The Balaban J connectivity index is 1.44. The highest BCUT2D eigenvalue weighted by Crippen LogP contribution is 2.24. The van der Waals surface area contributed by atoms with Crippen molar-refractivity contribution >= 4 is 28.3 Å². The highest BCUT2D eigenvalue weighted by Gasteiger charge is 2.20. The van der Waals surface area contributed by atoms with Crippen LogP contribution in [-0.4, -0.2) is 64.3 Å². The molecule has 10 nitrogen and oxygen atoms in total. The van der Waals surface area contributed by atoms with Gasteiger partial charge in [0, 0.05) is 73.8 Å². The van der Waals surface area contributed by atoms with Crippen LogP contribution in [0.4, 0.5) is 11.5 Å². The number of ether oxygens (including phenoxy) is 1. The van der Waals surface area contributed by atoms with Crippen molar-refractivity contribution in [2.24, 2.45) is 0 Å². The molecule has 1 saturated heterocycles. The number of anilines is 2. The number of rotatable bonds is 7. The molecule has 4 heterocycles. The molecule has 0 aliphatic carbocycles. The summed E-state index contributed by atoms with van der Waals surface area (Å²) in [6.45, 7) is 6.24. The molecule has 10 heteroatoms. The van der Waals surface area contributed by atoms with Crippen LogP contribution in [0.5, 0.6) is 0 Å². The van der Waals surface area contributed by atoms with Gasteiger partial charge in [0.1, 0.15) is 5.82 Å². The van der Waals surface area contributed by atoms with Crippen LogP contribution in [0, 0.1) is 6.92 Å². The molecule has 0 saturated carbocycles. The molecule has 0 atom stereocenters. The number of amides is 1. The van der Waals surface area contributed by atoms with Gasteiger partial charge >= 0.3 is 0 Å². The molecule has 4 aromatic rings. The minimum atomic E-state index is -0.248. The van der Waals surface area contributed by atoms with Crippen molar-refractivity contribution in [1.82, 2.24) is 25.1 Å². The monoisotopic (exact) mass is 487 g/mol. The summed E-state index contributed by atoms with van der Waals surface area (Å²) in [6, 6.07) is 8.94. The second-order valence-electron chi connectivity index (χ2n) is 9.10. The Labute approximate surface area is 208 Å². The number of H-pyrrole nitrogens is 2. The lowest BCUT2D eigenvalue weighted by Crippen LogP contribution is -2.35. The van der Waals surface area contributed by atoms with Crippen LogP contribution in [0.25, 0.3) is 10.9 Å². The fourth-order valence-corrected chi connectivity index (χ4v) is 4.49. The smallest absolute Gasteiger partial charge is 0.259 e. The molecule has 5 rings (SSSR count). The largest absolute Gasteiger partial charge is 0.379 e. The minimum absolute atomic E-state index is 0.148. The maximum atomic E-state index is 13.6.